The first-order valence-electron chi connectivity index (χ1n) is 7.35. The maximum absolute atomic E-state index is 5.74. The number of hydrogen-bond acceptors (Lipinski definition) is 3. The van der Waals surface area contributed by atoms with Crippen LogP contribution in [0.25, 0.3) is 10.9 Å². The van der Waals surface area contributed by atoms with Gasteiger partial charge in [-0.3, -0.25) is 4.90 Å². The number of hydrogen-bond donors (Lipinski definition) is 1. The number of aryl methyl sites for hydroxylation is 1. The molecule has 3 rings (SSSR count). The van der Waals surface area contributed by atoms with E-state index in [1.807, 2.05) is 0 Å². The van der Waals surface area contributed by atoms with Crippen molar-refractivity contribution in [2.45, 2.75) is 13.1 Å². The molecule has 0 radical (unpaired) electrons. The van der Waals surface area contributed by atoms with E-state index < -0.39 is 0 Å². The second-order valence-electron chi connectivity index (χ2n) is 5.87. The van der Waals surface area contributed by atoms with Crippen molar-refractivity contribution in [2.24, 2.45) is 12.8 Å². The lowest BCUT2D eigenvalue weighted by molar-refractivity contribution is 0.146. The third-order valence-corrected chi connectivity index (χ3v) is 4.43. The first-order chi connectivity index (χ1) is 9.67. The molecule has 1 aromatic carbocycles. The topological polar surface area (TPSA) is 37.4 Å². The van der Waals surface area contributed by atoms with Gasteiger partial charge in [-0.2, -0.15) is 0 Å². The molecule has 4 heteroatoms. The number of benzene rings is 1. The van der Waals surface area contributed by atoms with Crippen LogP contribution in [-0.4, -0.2) is 47.6 Å². The summed E-state index contributed by atoms with van der Waals surface area (Å²) in [5, 5.41) is 1.31. The van der Waals surface area contributed by atoms with E-state index in [1.165, 1.54) is 35.2 Å². The highest BCUT2D eigenvalue weighted by atomic mass is 15.2. The molecular weight excluding hydrogens is 248 g/mol. The lowest BCUT2D eigenvalue weighted by Crippen LogP contribution is -2.44. The lowest BCUT2D eigenvalue weighted by Gasteiger charge is -2.32. The van der Waals surface area contributed by atoms with Crippen LogP contribution in [0.15, 0.2) is 24.3 Å². The summed E-state index contributed by atoms with van der Waals surface area (Å²) in [7, 11) is 4.36. The third kappa shape index (κ3) is 2.59. The number of piperazine rings is 1. The van der Waals surface area contributed by atoms with E-state index >= 15 is 0 Å². The Balaban J connectivity index is 1.83. The molecule has 1 saturated heterocycles. The van der Waals surface area contributed by atoms with Crippen LogP contribution < -0.4 is 5.73 Å². The number of aromatic nitrogens is 1. The zero-order valence-electron chi connectivity index (χ0n) is 12.5. The van der Waals surface area contributed by atoms with E-state index in [-0.39, 0.29) is 0 Å². The SMILES string of the molecule is CN1CCN(Cc2cc3ccc(CN)cc3n2C)CC1. The van der Waals surface area contributed by atoms with Crippen LogP contribution in [0.5, 0.6) is 0 Å². The van der Waals surface area contributed by atoms with E-state index in [2.05, 4.69) is 52.7 Å². The fraction of sp³-hybridized carbons (Fsp3) is 0.500. The Kier molecular flexibility index (Phi) is 3.78. The van der Waals surface area contributed by atoms with Gasteiger partial charge >= 0.3 is 0 Å². The number of nitrogens with two attached hydrogens (primary N) is 1. The fourth-order valence-corrected chi connectivity index (χ4v) is 2.95. The molecule has 20 heavy (non-hydrogen) atoms. The standard InChI is InChI=1S/C16H24N4/c1-18-5-7-20(8-6-18)12-15-10-14-4-3-13(11-17)9-16(14)19(15)2/h3-4,9-10H,5-8,11-12,17H2,1-2H3. The zero-order chi connectivity index (χ0) is 14.1. The van der Waals surface area contributed by atoms with Crippen LogP contribution in [0.4, 0.5) is 0 Å². The van der Waals surface area contributed by atoms with Crippen molar-refractivity contribution < 1.29 is 0 Å². The summed E-state index contributed by atoms with van der Waals surface area (Å²) in [6.07, 6.45) is 0. The van der Waals surface area contributed by atoms with Gasteiger partial charge < -0.3 is 15.2 Å². The number of nitrogens with zero attached hydrogens (tertiary/aromatic N) is 3. The molecule has 1 fully saturated rings. The molecule has 0 amide bonds. The van der Waals surface area contributed by atoms with Crippen LogP contribution in [-0.2, 0) is 20.1 Å². The average Bonchev–Trinajstić information content (AvgIpc) is 2.77. The Morgan fingerprint density at radius 1 is 1.05 bits per heavy atom. The molecule has 2 aromatic rings. The molecule has 1 aliphatic heterocycles. The number of likely N-dealkylation sites (N-methyl/N-ethyl adjacent to an activating group) is 1. The van der Waals surface area contributed by atoms with Crippen molar-refractivity contribution in [3.05, 3.63) is 35.5 Å². The van der Waals surface area contributed by atoms with E-state index in [4.69, 9.17) is 5.73 Å². The monoisotopic (exact) mass is 272 g/mol. The van der Waals surface area contributed by atoms with Gasteiger partial charge in [0.2, 0.25) is 0 Å². The second-order valence-corrected chi connectivity index (χ2v) is 5.87. The van der Waals surface area contributed by atoms with Gasteiger partial charge in [-0.1, -0.05) is 12.1 Å². The first-order valence-corrected chi connectivity index (χ1v) is 7.35. The van der Waals surface area contributed by atoms with E-state index in [1.54, 1.807) is 0 Å². The zero-order valence-corrected chi connectivity index (χ0v) is 12.5. The van der Waals surface area contributed by atoms with Gasteiger partial charge in [-0.15, -0.1) is 0 Å². The molecular formula is C16H24N4. The lowest BCUT2D eigenvalue weighted by atomic mass is 10.1. The van der Waals surface area contributed by atoms with Crippen LogP contribution >= 0.6 is 0 Å². The van der Waals surface area contributed by atoms with Gasteiger partial charge in [-0.05, 0) is 30.1 Å². The van der Waals surface area contributed by atoms with Crippen molar-refractivity contribution in [1.29, 1.82) is 0 Å². The molecule has 1 aromatic heterocycles. The van der Waals surface area contributed by atoms with Crippen molar-refractivity contribution in [1.82, 2.24) is 14.4 Å². The van der Waals surface area contributed by atoms with Gasteiger partial charge in [0, 0.05) is 57.5 Å². The van der Waals surface area contributed by atoms with E-state index in [9.17, 15) is 0 Å². The highest BCUT2D eigenvalue weighted by Gasteiger charge is 2.16. The van der Waals surface area contributed by atoms with Crippen molar-refractivity contribution in [2.75, 3.05) is 33.2 Å². The van der Waals surface area contributed by atoms with Gasteiger partial charge in [0.15, 0.2) is 0 Å². The normalized spacial score (nSPS) is 17.9. The number of fused-ring (bicyclic) bond motifs is 1. The molecule has 0 aliphatic carbocycles. The quantitative estimate of drug-likeness (QED) is 0.917. The highest BCUT2D eigenvalue weighted by Crippen LogP contribution is 2.21. The molecule has 0 bridgehead atoms. The minimum Gasteiger partial charge on any atom is -0.346 e. The van der Waals surface area contributed by atoms with Crippen LogP contribution in [0.3, 0.4) is 0 Å². The predicted molar refractivity (Wildman–Crippen MR) is 83.6 cm³/mol. The molecule has 0 unspecified atom stereocenters. The first kappa shape index (κ1) is 13.6. The third-order valence-electron chi connectivity index (χ3n) is 4.43. The van der Waals surface area contributed by atoms with Gasteiger partial charge in [0.25, 0.3) is 0 Å². The van der Waals surface area contributed by atoms with Gasteiger partial charge in [-0.25, -0.2) is 0 Å². The molecule has 0 atom stereocenters. The summed E-state index contributed by atoms with van der Waals surface area (Å²) >= 11 is 0. The molecule has 0 spiro atoms. The summed E-state index contributed by atoms with van der Waals surface area (Å²) in [5.74, 6) is 0. The molecule has 2 N–H and O–H groups in total. The Bertz CT molecular complexity index is 594. The van der Waals surface area contributed by atoms with Gasteiger partial charge in [0.05, 0.1) is 0 Å². The fourth-order valence-electron chi connectivity index (χ4n) is 2.95. The van der Waals surface area contributed by atoms with E-state index in [0.717, 1.165) is 19.6 Å². The molecule has 0 saturated carbocycles. The second kappa shape index (κ2) is 5.56. The van der Waals surface area contributed by atoms with Crippen LogP contribution in [0.1, 0.15) is 11.3 Å². The summed E-state index contributed by atoms with van der Waals surface area (Å²) in [6.45, 7) is 6.30. The van der Waals surface area contributed by atoms with Crippen LogP contribution in [0, 0.1) is 0 Å². The Hall–Kier alpha value is -1.36. The summed E-state index contributed by atoms with van der Waals surface area (Å²) in [4.78, 5) is 4.93. The summed E-state index contributed by atoms with van der Waals surface area (Å²) in [6, 6.07) is 8.84. The average molecular weight is 272 g/mol. The largest absolute Gasteiger partial charge is 0.346 e. The minimum atomic E-state index is 0.606. The summed E-state index contributed by atoms with van der Waals surface area (Å²) in [5.41, 5.74) is 9.61. The van der Waals surface area contributed by atoms with Crippen molar-refractivity contribution in [3.8, 4) is 0 Å². The maximum atomic E-state index is 5.74. The predicted octanol–water partition coefficient (Wildman–Crippen LogP) is 1.38. The van der Waals surface area contributed by atoms with Crippen molar-refractivity contribution >= 4 is 10.9 Å². The highest BCUT2D eigenvalue weighted by molar-refractivity contribution is 5.82. The molecule has 2 heterocycles. The Morgan fingerprint density at radius 3 is 2.50 bits per heavy atom. The maximum Gasteiger partial charge on any atom is 0.0483 e. The van der Waals surface area contributed by atoms with Crippen LogP contribution in [0.2, 0.25) is 0 Å². The number of rotatable bonds is 3. The Morgan fingerprint density at radius 2 is 1.80 bits per heavy atom. The summed E-state index contributed by atoms with van der Waals surface area (Å²) < 4.78 is 2.31. The van der Waals surface area contributed by atoms with Crippen molar-refractivity contribution in [3.63, 3.8) is 0 Å². The smallest absolute Gasteiger partial charge is 0.0483 e. The molecule has 4 nitrogen and oxygen atoms in total. The Labute approximate surface area is 120 Å². The molecule has 108 valence electrons. The van der Waals surface area contributed by atoms with E-state index in [0.29, 0.717) is 6.54 Å². The van der Waals surface area contributed by atoms with Gasteiger partial charge in [0.1, 0.15) is 0 Å². The molecule has 1 aliphatic rings. The minimum absolute atomic E-state index is 0.606.